The van der Waals surface area contributed by atoms with Gasteiger partial charge in [0.2, 0.25) is 0 Å². The zero-order valence-corrected chi connectivity index (χ0v) is 15.3. The van der Waals surface area contributed by atoms with Crippen molar-refractivity contribution in [2.24, 2.45) is 0 Å². The lowest BCUT2D eigenvalue weighted by atomic mass is 10.0. The summed E-state index contributed by atoms with van der Waals surface area (Å²) in [4.78, 5) is 12.1. The van der Waals surface area contributed by atoms with Crippen LogP contribution in [0, 0.1) is 6.92 Å². The minimum atomic E-state index is -0.421. The summed E-state index contributed by atoms with van der Waals surface area (Å²) in [7, 11) is 3.15. The molecular formula is C21H24O4. The lowest BCUT2D eigenvalue weighted by Gasteiger charge is -2.10. The number of esters is 1. The molecule has 2 aromatic carbocycles. The average molecular weight is 340 g/mol. The molecule has 0 amide bonds. The van der Waals surface area contributed by atoms with E-state index in [1.807, 2.05) is 25.1 Å². The molecule has 0 saturated heterocycles. The highest BCUT2D eigenvalue weighted by atomic mass is 16.5. The smallest absolute Gasteiger partial charge is 0.336 e. The molecule has 0 fully saturated rings. The van der Waals surface area contributed by atoms with Crippen LogP contribution in [0.25, 0.3) is 6.08 Å². The Morgan fingerprint density at radius 1 is 1.00 bits per heavy atom. The van der Waals surface area contributed by atoms with Crippen molar-refractivity contribution in [3.05, 3.63) is 59.2 Å². The second-order valence-electron chi connectivity index (χ2n) is 6.10. The van der Waals surface area contributed by atoms with Gasteiger partial charge in [-0.3, -0.25) is 0 Å². The second-order valence-corrected chi connectivity index (χ2v) is 6.10. The van der Waals surface area contributed by atoms with Crippen LogP contribution in [0.1, 0.15) is 36.5 Å². The van der Waals surface area contributed by atoms with E-state index in [0.717, 1.165) is 16.7 Å². The van der Waals surface area contributed by atoms with Gasteiger partial charge in [-0.1, -0.05) is 26.0 Å². The SMILES string of the molecule is COc1ccc(/C=C/C(=O)Oc2cc(C)cc(C(C)C)c2)cc1OC. The highest BCUT2D eigenvalue weighted by molar-refractivity contribution is 5.88. The molecule has 0 bridgehead atoms. The molecule has 0 radical (unpaired) electrons. The van der Waals surface area contributed by atoms with E-state index in [-0.39, 0.29) is 0 Å². The standard InChI is InChI=1S/C21H24O4/c1-14(2)17-10-15(3)11-18(13-17)25-21(22)9-7-16-6-8-19(23-4)20(12-16)24-5/h6-14H,1-5H3/b9-7+. The molecule has 0 aliphatic carbocycles. The van der Waals surface area contributed by atoms with Crippen molar-refractivity contribution in [1.82, 2.24) is 0 Å². The summed E-state index contributed by atoms with van der Waals surface area (Å²) in [5.74, 6) is 1.77. The van der Waals surface area contributed by atoms with Crippen LogP contribution >= 0.6 is 0 Å². The molecule has 4 nitrogen and oxygen atoms in total. The zero-order chi connectivity index (χ0) is 18.4. The third-order valence-electron chi connectivity index (χ3n) is 3.78. The fourth-order valence-corrected chi connectivity index (χ4v) is 2.44. The van der Waals surface area contributed by atoms with E-state index in [0.29, 0.717) is 23.2 Å². The minimum Gasteiger partial charge on any atom is -0.493 e. The topological polar surface area (TPSA) is 44.8 Å². The van der Waals surface area contributed by atoms with E-state index >= 15 is 0 Å². The van der Waals surface area contributed by atoms with Gasteiger partial charge < -0.3 is 14.2 Å². The molecule has 0 atom stereocenters. The van der Waals surface area contributed by atoms with Gasteiger partial charge in [-0.25, -0.2) is 4.79 Å². The molecule has 132 valence electrons. The lowest BCUT2D eigenvalue weighted by Crippen LogP contribution is -2.04. The Balaban J connectivity index is 2.11. The highest BCUT2D eigenvalue weighted by Gasteiger charge is 2.07. The summed E-state index contributed by atoms with van der Waals surface area (Å²) in [5.41, 5.74) is 3.03. The minimum absolute atomic E-state index is 0.375. The highest BCUT2D eigenvalue weighted by Crippen LogP contribution is 2.28. The van der Waals surface area contributed by atoms with Crippen LogP contribution < -0.4 is 14.2 Å². The fraction of sp³-hybridized carbons (Fsp3) is 0.286. The van der Waals surface area contributed by atoms with Crippen LogP contribution in [0.15, 0.2) is 42.5 Å². The van der Waals surface area contributed by atoms with E-state index in [1.165, 1.54) is 6.08 Å². The molecule has 25 heavy (non-hydrogen) atoms. The number of carbonyl (C=O) groups is 1. The third-order valence-corrected chi connectivity index (χ3v) is 3.78. The van der Waals surface area contributed by atoms with Crippen LogP contribution in [0.3, 0.4) is 0 Å². The van der Waals surface area contributed by atoms with Gasteiger partial charge in [0.15, 0.2) is 11.5 Å². The normalized spacial score (nSPS) is 11.0. The summed E-state index contributed by atoms with van der Waals surface area (Å²) in [6.07, 6.45) is 3.09. The molecule has 0 heterocycles. The van der Waals surface area contributed by atoms with E-state index in [4.69, 9.17) is 14.2 Å². The summed E-state index contributed by atoms with van der Waals surface area (Å²) < 4.78 is 15.9. The first-order valence-electron chi connectivity index (χ1n) is 8.16. The van der Waals surface area contributed by atoms with Crippen LogP contribution in [0.4, 0.5) is 0 Å². The van der Waals surface area contributed by atoms with Crippen molar-refractivity contribution in [1.29, 1.82) is 0 Å². The number of methoxy groups -OCH3 is 2. The molecule has 0 spiro atoms. The van der Waals surface area contributed by atoms with Crippen molar-refractivity contribution >= 4 is 12.0 Å². The van der Waals surface area contributed by atoms with Crippen LogP contribution in [-0.2, 0) is 4.79 Å². The quantitative estimate of drug-likeness (QED) is 0.432. The van der Waals surface area contributed by atoms with Crippen LogP contribution in [0.5, 0.6) is 17.2 Å². The van der Waals surface area contributed by atoms with Gasteiger partial charge in [0.05, 0.1) is 14.2 Å². The summed E-state index contributed by atoms with van der Waals surface area (Å²) in [6, 6.07) is 11.3. The van der Waals surface area contributed by atoms with Crippen molar-refractivity contribution in [2.75, 3.05) is 14.2 Å². The Kier molecular flexibility index (Phi) is 6.23. The van der Waals surface area contributed by atoms with Gasteiger partial charge in [-0.2, -0.15) is 0 Å². The van der Waals surface area contributed by atoms with Gasteiger partial charge in [-0.05, 0) is 59.9 Å². The maximum absolute atomic E-state index is 12.1. The number of benzene rings is 2. The van der Waals surface area contributed by atoms with Crippen molar-refractivity contribution in [3.63, 3.8) is 0 Å². The molecule has 0 aromatic heterocycles. The molecule has 0 aliphatic rings. The molecular weight excluding hydrogens is 316 g/mol. The fourth-order valence-electron chi connectivity index (χ4n) is 2.44. The molecule has 0 N–H and O–H groups in total. The number of hydrogen-bond donors (Lipinski definition) is 0. The zero-order valence-electron chi connectivity index (χ0n) is 15.3. The van der Waals surface area contributed by atoms with Gasteiger partial charge >= 0.3 is 5.97 Å². The van der Waals surface area contributed by atoms with E-state index in [9.17, 15) is 4.79 Å². The second kappa shape index (κ2) is 8.38. The van der Waals surface area contributed by atoms with Gasteiger partial charge in [0, 0.05) is 6.08 Å². The van der Waals surface area contributed by atoms with Crippen molar-refractivity contribution in [2.45, 2.75) is 26.7 Å². The maximum atomic E-state index is 12.1. The van der Waals surface area contributed by atoms with E-state index in [2.05, 4.69) is 19.9 Å². The summed E-state index contributed by atoms with van der Waals surface area (Å²) in [6.45, 7) is 6.21. The predicted molar refractivity (Wildman–Crippen MR) is 99.5 cm³/mol. The Morgan fingerprint density at radius 2 is 1.72 bits per heavy atom. The monoisotopic (exact) mass is 340 g/mol. The largest absolute Gasteiger partial charge is 0.493 e. The molecule has 0 saturated carbocycles. The van der Waals surface area contributed by atoms with Gasteiger partial charge in [0.1, 0.15) is 5.75 Å². The molecule has 2 rings (SSSR count). The van der Waals surface area contributed by atoms with E-state index < -0.39 is 5.97 Å². The first-order valence-corrected chi connectivity index (χ1v) is 8.16. The first-order chi connectivity index (χ1) is 11.9. The van der Waals surface area contributed by atoms with Gasteiger partial charge in [0.25, 0.3) is 0 Å². The predicted octanol–water partition coefficient (Wildman–Crippen LogP) is 4.75. The first kappa shape index (κ1) is 18.6. The summed E-state index contributed by atoms with van der Waals surface area (Å²) >= 11 is 0. The lowest BCUT2D eigenvalue weighted by molar-refractivity contribution is -0.128. The Morgan fingerprint density at radius 3 is 2.36 bits per heavy atom. The Labute approximate surface area is 149 Å². The number of rotatable bonds is 6. The molecule has 4 heteroatoms. The molecule has 2 aromatic rings. The number of hydrogen-bond acceptors (Lipinski definition) is 4. The Hall–Kier alpha value is -2.75. The van der Waals surface area contributed by atoms with Crippen LogP contribution in [-0.4, -0.2) is 20.2 Å². The van der Waals surface area contributed by atoms with Crippen molar-refractivity contribution in [3.8, 4) is 17.2 Å². The number of ether oxygens (including phenoxy) is 3. The van der Waals surface area contributed by atoms with Crippen LogP contribution in [0.2, 0.25) is 0 Å². The summed E-state index contributed by atoms with van der Waals surface area (Å²) in [5, 5.41) is 0. The average Bonchev–Trinajstić information content (AvgIpc) is 2.59. The van der Waals surface area contributed by atoms with Gasteiger partial charge in [-0.15, -0.1) is 0 Å². The molecule has 0 unspecified atom stereocenters. The number of aryl methyl sites for hydroxylation is 1. The van der Waals surface area contributed by atoms with E-state index in [1.54, 1.807) is 32.4 Å². The maximum Gasteiger partial charge on any atom is 0.336 e. The van der Waals surface area contributed by atoms with Crippen molar-refractivity contribution < 1.29 is 19.0 Å². The third kappa shape index (κ3) is 5.11. The molecule has 0 aliphatic heterocycles. The number of carbonyl (C=O) groups excluding carboxylic acids is 1. The Bertz CT molecular complexity index is 775.